The second-order valence-corrected chi connectivity index (χ2v) is 9.63. The first kappa shape index (κ1) is 19.9. The second kappa shape index (κ2) is 8.17. The number of hydrogen-bond acceptors (Lipinski definition) is 7. The van der Waals surface area contributed by atoms with Crippen molar-refractivity contribution < 1.29 is 13.2 Å². The summed E-state index contributed by atoms with van der Waals surface area (Å²) in [5.41, 5.74) is 7.80. The third kappa shape index (κ3) is 4.31. The molecule has 2 atom stereocenters. The maximum atomic E-state index is 12.9. The van der Waals surface area contributed by atoms with Crippen LogP contribution in [0.2, 0.25) is 0 Å². The van der Waals surface area contributed by atoms with Gasteiger partial charge in [-0.05, 0) is 43.5 Å². The molecule has 2 aliphatic heterocycles. The fraction of sp³-hybridized carbons (Fsp3) is 0.450. The van der Waals surface area contributed by atoms with Crippen LogP contribution in [0, 0.1) is 0 Å². The Kier molecular flexibility index (Phi) is 5.62. The van der Waals surface area contributed by atoms with E-state index >= 15 is 0 Å². The monoisotopic (exact) mass is 415 g/mol. The zero-order chi connectivity index (χ0) is 20.4. The van der Waals surface area contributed by atoms with E-state index in [-0.39, 0.29) is 23.9 Å². The van der Waals surface area contributed by atoms with Gasteiger partial charge in [0.1, 0.15) is 6.04 Å². The molecule has 0 aliphatic carbocycles. The Labute approximate surface area is 170 Å². The number of nitrogens with zero attached hydrogens (tertiary/aromatic N) is 3. The van der Waals surface area contributed by atoms with Crippen LogP contribution < -0.4 is 10.9 Å². The number of nitrogens with one attached hydrogen (secondary N) is 2. The molecule has 0 saturated carbocycles. The number of rotatable bonds is 4. The van der Waals surface area contributed by atoms with E-state index in [9.17, 15) is 13.2 Å². The predicted molar refractivity (Wildman–Crippen MR) is 108 cm³/mol. The molecule has 8 nitrogen and oxygen atoms in total. The zero-order valence-corrected chi connectivity index (χ0v) is 17.1. The minimum Gasteiger partial charge on any atom is -0.341 e. The lowest BCUT2D eigenvalue weighted by Gasteiger charge is -2.33. The Morgan fingerprint density at radius 1 is 1.07 bits per heavy atom. The van der Waals surface area contributed by atoms with Gasteiger partial charge in [-0.3, -0.25) is 14.8 Å². The number of carbonyl (C=O) groups excluding carboxylic acids is 1. The fourth-order valence-corrected chi connectivity index (χ4v) is 5.04. The van der Waals surface area contributed by atoms with Crippen LogP contribution in [0.5, 0.6) is 0 Å². The van der Waals surface area contributed by atoms with Crippen molar-refractivity contribution in [3.8, 4) is 0 Å². The number of hydrazine groups is 1. The molecule has 2 fully saturated rings. The molecule has 2 aromatic rings. The minimum atomic E-state index is -3.33. The Morgan fingerprint density at radius 3 is 2.52 bits per heavy atom. The summed E-state index contributed by atoms with van der Waals surface area (Å²) in [5.74, 6) is 0.111. The van der Waals surface area contributed by atoms with Gasteiger partial charge >= 0.3 is 0 Å². The summed E-state index contributed by atoms with van der Waals surface area (Å²) in [6, 6.07) is 8.73. The Balaban J connectivity index is 1.38. The van der Waals surface area contributed by atoms with Gasteiger partial charge in [-0.1, -0.05) is 6.07 Å². The van der Waals surface area contributed by atoms with Crippen molar-refractivity contribution in [2.75, 3.05) is 19.3 Å². The summed E-state index contributed by atoms with van der Waals surface area (Å²) >= 11 is 0. The first-order chi connectivity index (χ1) is 13.9. The van der Waals surface area contributed by atoms with Crippen molar-refractivity contribution >= 4 is 15.7 Å². The smallest absolute Gasteiger partial charge is 0.241 e. The lowest BCUT2D eigenvalue weighted by atomic mass is 9.92. The molecule has 4 rings (SSSR count). The highest BCUT2D eigenvalue weighted by molar-refractivity contribution is 7.90. The van der Waals surface area contributed by atoms with Crippen LogP contribution in [-0.2, 0) is 14.6 Å². The maximum absolute atomic E-state index is 12.9. The molecule has 0 radical (unpaired) electrons. The van der Waals surface area contributed by atoms with Crippen LogP contribution in [0.1, 0.15) is 42.6 Å². The molecule has 4 heterocycles. The molecule has 2 aromatic heterocycles. The Bertz CT molecular complexity index is 975. The van der Waals surface area contributed by atoms with Crippen molar-refractivity contribution in [3.05, 3.63) is 54.1 Å². The summed E-state index contributed by atoms with van der Waals surface area (Å²) in [6.45, 7) is 1.19. The highest BCUT2D eigenvalue weighted by Gasteiger charge is 2.35. The van der Waals surface area contributed by atoms with E-state index in [0.29, 0.717) is 42.9 Å². The number of hydrogen-bond donors (Lipinski definition) is 2. The summed E-state index contributed by atoms with van der Waals surface area (Å²) in [4.78, 5) is 23.8. The second-order valence-electron chi connectivity index (χ2n) is 7.64. The van der Waals surface area contributed by atoms with Crippen molar-refractivity contribution in [2.45, 2.75) is 42.2 Å². The lowest BCUT2D eigenvalue weighted by Crippen LogP contribution is -2.48. The van der Waals surface area contributed by atoms with Crippen LogP contribution in [0.15, 0.2) is 47.6 Å². The molecular formula is C20H25N5O3S. The summed E-state index contributed by atoms with van der Waals surface area (Å²) in [5, 5.41) is 0. The number of likely N-dealkylation sites (tertiary alicyclic amines) is 1. The summed E-state index contributed by atoms with van der Waals surface area (Å²) < 4.78 is 24.1. The van der Waals surface area contributed by atoms with Crippen molar-refractivity contribution in [1.82, 2.24) is 25.7 Å². The van der Waals surface area contributed by atoms with Gasteiger partial charge in [0.05, 0.1) is 22.3 Å². The van der Waals surface area contributed by atoms with Crippen LogP contribution in [0.25, 0.3) is 0 Å². The third-order valence-corrected chi connectivity index (χ3v) is 6.78. The number of aromatic nitrogens is 2. The zero-order valence-electron chi connectivity index (χ0n) is 16.3. The van der Waals surface area contributed by atoms with Gasteiger partial charge in [-0.25, -0.2) is 19.3 Å². The predicted octanol–water partition coefficient (Wildman–Crippen LogP) is 1.19. The van der Waals surface area contributed by atoms with E-state index < -0.39 is 9.84 Å². The number of amides is 1. The molecule has 9 heteroatoms. The first-order valence-electron chi connectivity index (χ1n) is 9.79. The standard InChI is InChI=1S/C20H25N5O3S/c1-29(27,28)18-6-4-10-22-19(18)14-7-11-25(12-8-14)20(26)17-13-16(23-24-17)15-5-2-3-9-21-15/h2-6,9-10,14,16-17,23-24H,7-8,11-13H2,1H3. The molecule has 154 valence electrons. The molecule has 2 saturated heterocycles. The van der Waals surface area contributed by atoms with Gasteiger partial charge < -0.3 is 4.90 Å². The van der Waals surface area contributed by atoms with Gasteiger partial charge in [0.15, 0.2) is 9.84 Å². The highest BCUT2D eigenvalue weighted by Crippen LogP contribution is 2.31. The SMILES string of the molecule is CS(=O)(=O)c1cccnc1C1CCN(C(=O)C2CC(c3ccccn3)NN2)CC1. The molecular weight excluding hydrogens is 390 g/mol. The number of carbonyl (C=O) groups is 1. The van der Waals surface area contributed by atoms with Gasteiger partial charge in [-0.2, -0.15) is 0 Å². The van der Waals surface area contributed by atoms with Crippen LogP contribution in [0.3, 0.4) is 0 Å². The van der Waals surface area contributed by atoms with Crippen molar-refractivity contribution in [1.29, 1.82) is 0 Å². The number of piperidine rings is 1. The van der Waals surface area contributed by atoms with Crippen LogP contribution in [-0.4, -0.2) is 54.6 Å². The molecule has 1 amide bonds. The molecule has 0 spiro atoms. The van der Waals surface area contributed by atoms with Crippen LogP contribution in [0.4, 0.5) is 0 Å². The van der Waals surface area contributed by atoms with E-state index in [0.717, 1.165) is 5.69 Å². The van der Waals surface area contributed by atoms with E-state index in [2.05, 4.69) is 20.8 Å². The minimum absolute atomic E-state index is 0.00790. The summed E-state index contributed by atoms with van der Waals surface area (Å²) in [6.07, 6.45) is 6.65. The van der Waals surface area contributed by atoms with Crippen molar-refractivity contribution in [2.24, 2.45) is 0 Å². The molecule has 0 bridgehead atoms. The van der Waals surface area contributed by atoms with Gasteiger partial charge in [0.2, 0.25) is 5.91 Å². The topological polar surface area (TPSA) is 104 Å². The van der Waals surface area contributed by atoms with E-state index in [4.69, 9.17) is 0 Å². The Morgan fingerprint density at radius 2 is 1.83 bits per heavy atom. The molecule has 2 unspecified atom stereocenters. The quantitative estimate of drug-likeness (QED) is 0.773. The normalized spacial score (nSPS) is 23.3. The van der Waals surface area contributed by atoms with Gasteiger partial charge in [0, 0.05) is 37.7 Å². The summed E-state index contributed by atoms with van der Waals surface area (Å²) in [7, 11) is -3.33. The average Bonchev–Trinajstić information content (AvgIpc) is 3.24. The number of sulfone groups is 1. The lowest BCUT2D eigenvalue weighted by molar-refractivity contribution is -0.134. The largest absolute Gasteiger partial charge is 0.341 e. The molecule has 2 N–H and O–H groups in total. The van der Waals surface area contributed by atoms with E-state index in [1.54, 1.807) is 24.5 Å². The van der Waals surface area contributed by atoms with E-state index in [1.807, 2.05) is 23.1 Å². The van der Waals surface area contributed by atoms with E-state index in [1.165, 1.54) is 6.26 Å². The molecule has 2 aliphatic rings. The Hall–Kier alpha value is -2.36. The molecule has 0 aromatic carbocycles. The average molecular weight is 416 g/mol. The molecule has 29 heavy (non-hydrogen) atoms. The fourth-order valence-electron chi connectivity index (χ4n) is 4.11. The number of pyridine rings is 2. The third-order valence-electron chi connectivity index (χ3n) is 5.64. The van der Waals surface area contributed by atoms with Crippen LogP contribution >= 0.6 is 0 Å². The van der Waals surface area contributed by atoms with Crippen molar-refractivity contribution in [3.63, 3.8) is 0 Å². The first-order valence-corrected chi connectivity index (χ1v) is 11.7. The highest BCUT2D eigenvalue weighted by atomic mass is 32.2. The van der Waals surface area contributed by atoms with Gasteiger partial charge in [0.25, 0.3) is 0 Å². The maximum Gasteiger partial charge on any atom is 0.241 e. The van der Waals surface area contributed by atoms with Gasteiger partial charge in [-0.15, -0.1) is 0 Å².